The lowest BCUT2D eigenvalue weighted by molar-refractivity contribution is -0.684. The van der Waals surface area contributed by atoms with Crippen molar-refractivity contribution in [3.8, 4) is 0 Å². The number of rotatable bonds is 4. The summed E-state index contributed by atoms with van der Waals surface area (Å²) in [5, 5.41) is 3.94. The molecule has 4 nitrogen and oxygen atoms in total. The van der Waals surface area contributed by atoms with Crippen LogP contribution in [0.25, 0.3) is 0 Å². The molecule has 4 heteroatoms. The second kappa shape index (κ2) is 6.44. The number of amides is 1. The quantitative estimate of drug-likeness (QED) is 0.501. The maximum absolute atomic E-state index is 11.6. The van der Waals surface area contributed by atoms with Gasteiger partial charge in [0.05, 0.1) is 6.21 Å². The highest BCUT2D eigenvalue weighted by atomic mass is 16.2. The summed E-state index contributed by atoms with van der Waals surface area (Å²) in [5.41, 5.74) is 4.64. The highest BCUT2D eigenvalue weighted by molar-refractivity contribution is 5.82. The van der Waals surface area contributed by atoms with Gasteiger partial charge in [-0.05, 0) is 12.5 Å². The normalized spacial score (nSPS) is 10.6. The molecule has 0 aliphatic carbocycles. The summed E-state index contributed by atoms with van der Waals surface area (Å²) in [6.45, 7) is 2.27. The van der Waals surface area contributed by atoms with Crippen molar-refractivity contribution in [1.29, 1.82) is 0 Å². The molecule has 0 radical (unpaired) electrons. The van der Waals surface area contributed by atoms with Crippen LogP contribution in [0.5, 0.6) is 0 Å². The van der Waals surface area contributed by atoms with Gasteiger partial charge in [0.2, 0.25) is 6.54 Å². The number of carbonyl (C=O) groups is 1. The Morgan fingerprint density at radius 3 is 2.79 bits per heavy atom. The molecule has 1 heterocycles. The lowest BCUT2D eigenvalue weighted by Crippen LogP contribution is -2.40. The van der Waals surface area contributed by atoms with Crippen LogP contribution in [0.4, 0.5) is 0 Å². The number of nitrogens with one attached hydrogen (secondary N) is 1. The van der Waals surface area contributed by atoms with Gasteiger partial charge in [-0.15, -0.1) is 0 Å². The molecule has 0 saturated heterocycles. The third-order valence-electron chi connectivity index (χ3n) is 2.55. The van der Waals surface area contributed by atoms with E-state index in [1.165, 1.54) is 0 Å². The fourth-order valence-electron chi connectivity index (χ4n) is 1.67. The summed E-state index contributed by atoms with van der Waals surface area (Å²) >= 11 is 0. The van der Waals surface area contributed by atoms with Gasteiger partial charge in [0.1, 0.15) is 0 Å². The van der Waals surface area contributed by atoms with E-state index >= 15 is 0 Å². The van der Waals surface area contributed by atoms with Crippen molar-refractivity contribution in [3.05, 3.63) is 66.0 Å². The van der Waals surface area contributed by atoms with Crippen molar-refractivity contribution in [3.63, 3.8) is 0 Å². The molecular formula is C15H16N3O+. The zero-order valence-corrected chi connectivity index (χ0v) is 10.8. The largest absolute Gasteiger partial charge is 0.305 e. The second-order valence-corrected chi connectivity index (χ2v) is 4.26. The summed E-state index contributed by atoms with van der Waals surface area (Å²) in [6, 6.07) is 13.6. The van der Waals surface area contributed by atoms with Crippen molar-refractivity contribution in [1.82, 2.24) is 5.43 Å². The molecule has 96 valence electrons. The average Bonchev–Trinajstić information content (AvgIpc) is 2.40. The molecule has 2 rings (SSSR count). The Morgan fingerprint density at radius 1 is 1.26 bits per heavy atom. The Kier molecular flexibility index (Phi) is 4.39. The zero-order chi connectivity index (χ0) is 13.5. The van der Waals surface area contributed by atoms with E-state index in [2.05, 4.69) is 10.5 Å². The number of aromatic nitrogens is 1. The molecule has 0 fully saturated rings. The molecule has 1 N–H and O–H groups in total. The Morgan fingerprint density at radius 2 is 2.05 bits per heavy atom. The average molecular weight is 254 g/mol. The van der Waals surface area contributed by atoms with Crippen LogP contribution in [-0.4, -0.2) is 12.1 Å². The number of benzene rings is 1. The predicted octanol–water partition coefficient (Wildman–Crippen LogP) is 1.43. The van der Waals surface area contributed by atoms with E-state index in [1.807, 2.05) is 61.8 Å². The van der Waals surface area contributed by atoms with Crippen LogP contribution in [-0.2, 0) is 11.3 Å². The number of aryl methyl sites for hydroxylation is 1. The second-order valence-electron chi connectivity index (χ2n) is 4.26. The SMILES string of the molecule is Cc1cccc(/C=N/NC(=O)C[n+]2ccccc2)c1. The molecule has 0 saturated carbocycles. The number of hydrogen-bond acceptors (Lipinski definition) is 2. The van der Waals surface area contributed by atoms with Crippen molar-refractivity contribution in [2.24, 2.45) is 5.10 Å². The summed E-state index contributed by atoms with van der Waals surface area (Å²) in [5.74, 6) is -0.153. The molecule has 19 heavy (non-hydrogen) atoms. The number of nitrogens with zero attached hydrogens (tertiary/aromatic N) is 2. The van der Waals surface area contributed by atoms with Crippen molar-refractivity contribution >= 4 is 12.1 Å². The first-order valence-electron chi connectivity index (χ1n) is 6.07. The number of hydrogen-bond donors (Lipinski definition) is 1. The van der Waals surface area contributed by atoms with E-state index < -0.39 is 0 Å². The van der Waals surface area contributed by atoms with E-state index in [9.17, 15) is 4.79 Å². The molecule has 0 aliphatic rings. The monoisotopic (exact) mass is 254 g/mol. The molecule has 2 aromatic rings. The van der Waals surface area contributed by atoms with Gasteiger partial charge in [-0.25, -0.2) is 5.43 Å². The predicted molar refractivity (Wildman–Crippen MR) is 73.6 cm³/mol. The number of pyridine rings is 1. The molecular weight excluding hydrogens is 238 g/mol. The van der Waals surface area contributed by atoms with Crippen LogP contribution < -0.4 is 9.99 Å². The van der Waals surface area contributed by atoms with Crippen LogP contribution >= 0.6 is 0 Å². The van der Waals surface area contributed by atoms with Gasteiger partial charge in [0.25, 0.3) is 0 Å². The fourth-order valence-corrected chi connectivity index (χ4v) is 1.67. The van der Waals surface area contributed by atoms with E-state index in [0.29, 0.717) is 0 Å². The highest BCUT2D eigenvalue weighted by Crippen LogP contribution is 2.00. The fraction of sp³-hybridized carbons (Fsp3) is 0.133. The minimum atomic E-state index is -0.153. The smallest absolute Gasteiger partial charge is 0.266 e. The lowest BCUT2D eigenvalue weighted by Gasteiger charge is -1.97. The van der Waals surface area contributed by atoms with Gasteiger partial charge >= 0.3 is 5.91 Å². The van der Waals surface area contributed by atoms with Gasteiger partial charge in [-0.3, -0.25) is 4.79 Å². The number of carbonyl (C=O) groups excluding carboxylic acids is 1. The Bertz CT molecular complexity index is 579. The summed E-state index contributed by atoms with van der Waals surface area (Å²) in [7, 11) is 0. The van der Waals surface area contributed by atoms with Crippen LogP contribution in [0.2, 0.25) is 0 Å². The molecule has 0 atom stereocenters. The topological polar surface area (TPSA) is 45.3 Å². The standard InChI is InChI=1S/C15H15N3O/c1-13-6-5-7-14(10-13)11-16-17-15(19)12-18-8-3-2-4-9-18/h2-11H,12H2,1H3/p+1/b16-11+. The first kappa shape index (κ1) is 13.0. The molecule has 1 aromatic carbocycles. The molecule has 0 spiro atoms. The Labute approximate surface area is 112 Å². The maximum atomic E-state index is 11.6. The third-order valence-corrected chi connectivity index (χ3v) is 2.55. The van der Waals surface area contributed by atoms with Gasteiger partial charge in [-0.2, -0.15) is 9.67 Å². The minimum absolute atomic E-state index is 0.153. The van der Waals surface area contributed by atoms with Crippen LogP contribution in [0.15, 0.2) is 60.0 Å². The van der Waals surface area contributed by atoms with E-state index in [-0.39, 0.29) is 12.5 Å². The molecule has 0 aliphatic heterocycles. The molecule has 0 bridgehead atoms. The molecule has 0 unspecified atom stereocenters. The van der Waals surface area contributed by atoms with Crippen LogP contribution in [0.1, 0.15) is 11.1 Å². The lowest BCUT2D eigenvalue weighted by atomic mass is 10.2. The first-order valence-corrected chi connectivity index (χ1v) is 6.07. The van der Waals surface area contributed by atoms with Crippen molar-refractivity contribution in [2.75, 3.05) is 0 Å². The zero-order valence-electron chi connectivity index (χ0n) is 10.8. The Hall–Kier alpha value is -2.49. The summed E-state index contributed by atoms with van der Waals surface area (Å²) in [6.07, 6.45) is 5.31. The number of hydrazone groups is 1. The van der Waals surface area contributed by atoms with Gasteiger partial charge in [0.15, 0.2) is 12.4 Å². The summed E-state index contributed by atoms with van der Waals surface area (Å²) in [4.78, 5) is 11.6. The van der Waals surface area contributed by atoms with Gasteiger partial charge in [0, 0.05) is 12.1 Å². The summed E-state index contributed by atoms with van der Waals surface area (Å²) < 4.78 is 1.79. The van der Waals surface area contributed by atoms with Crippen molar-refractivity contribution in [2.45, 2.75) is 13.5 Å². The van der Waals surface area contributed by atoms with Gasteiger partial charge in [-0.1, -0.05) is 35.9 Å². The van der Waals surface area contributed by atoms with Crippen LogP contribution in [0, 0.1) is 6.92 Å². The maximum Gasteiger partial charge on any atom is 0.305 e. The van der Waals surface area contributed by atoms with Crippen molar-refractivity contribution < 1.29 is 9.36 Å². The van der Waals surface area contributed by atoms with E-state index in [0.717, 1.165) is 11.1 Å². The van der Waals surface area contributed by atoms with E-state index in [4.69, 9.17) is 0 Å². The highest BCUT2D eigenvalue weighted by Gasteiger charge is 2.06. The van der Waals surface area contributed by atoms with Crippen LogP contribution in [0.3, 0.4) is 0 Å². The molecule has 1 amide bonds. The molecule has 1 aromatic heterocycles. The third kappa shape index (κ3) is 4.35. The first-order chi connectivity index (χ1) is 9.24. The van der Waals surface area contributed by atoms with Gasteiger partial charge < -0.3 is 0 Å². The minimum Gasteiger partial charge on any atom is -0.266 e. The Balaban J connectivity index is 1.87. The van der Waals surface area contributed by atoms with E-state index in [1.54, 1.807) is 10.8 Å².